The van der Waals surface area contributed by atoms with Crippen molar-refractivity contribution >= 4 is 25.3 Å². The number of thioether (sulfide) groups is 1. The first kappa shape index (κ1) is 27.3. The van der Waals surface area contributed by atoms with Crippen molar-refractivity contribution in [2.24, 2.45) is 0 Å². The van der Waals surface area contributed by atoms with Crippen molar-refractivity contribution < 1.29 is 23.1 Å². The summed E-state index contributed by atoms with van der Waals surface area (Å²) in [5.41, 5.74) is 0.496. The van der Waals surface area contributed by atoms with Gasteiger partial charge in [-0.15, -0.1) is 11.8 Å². The Labute approximate surface area is 190 Å². The summed E-state index contributed by atoms with van der Waals surface area (Å²) in [7, 11) is -3.69. The summed E-state index contributed by atoms with van der Waals surface area (Å²) in [6.45, 7) is 6.42. The molecule has 1 unspecified atom stereocenters. The van der Waals surface area contributed by atoms with Crippen molar-refractivity contribution in [1.82, 2.24) is 5.32 Å². The lowest BCUT2D eigenvalue weighted by Gasteiger charge is -2.29. The van der Waals surface area contributed by atoms with E-state index < -0.39 is 19.3 Å². The average molecular weight is 469 g/mol. The minimum atomic E-state index is -3.69. The van der Waals surface area contributed by atoms with Crippen molar-refractivity contribution in [2.75, 3.05) is 26.1 Å². The van der Waals surface area contributed by atoms with Crippen LogP contribution in [0.3, 0.4) is 0 Å². The molecule has 0 saturated heterocycles. The van der Waals surface area contributed by atoms with Crippen LogP contribution in [-0.2, 0) is 23.1 Å². The Kier molecular flexibility index (Phi) is 13.3. The third-order valence-corrected chi connectivity index (χ3v) is 7.13. The highest BCUT2D eigenvalue weighted by Crippen LogP contribution is 2.60. The molecule has 0 spiro atoms. The Balaban J connectivity index is 3.43. The first-order chi connectivity index (χ1) is 15.0. The molecule has 31 heavy (non-hydrogen) atoms. The zero-order valence-electron chi connectivity index (χ0n) is 18.8. The van der Waals surface area contributed by atoms with Gasteiger partial charge in [-0.05, 0) is 31.6 Å². The third-order valence-electron chi connectivity index (χ3n) is 4.26. The van der Waals surface area contributed by atoms with E-state index >= 15 is 0 Å². The van der Waals surface area contributed by atoms with Crippen LogP contribution < -0.4 is 5.32 Å². The Hall–Kier alpha value is -1.78. The van der Waals surface area contributed by atoms with Crippen LogP contribution in [0.2, 0.25) is 0 Å². The smallest absolute Gasteiger partial charge is 0.357 e. The lowest BCUT2D eigenvalue weighted by Crippen LogP contribution is -2.25. The molecular formula is C22H33N2O5PS. The zero-order chi connectivity index (χ0) is 23.1. The van der Waals surface area contributed by atoms with Gasteiger partial charge < -0.3 is 19.1 Å². The lowest BCUT2D eigenvalue weighted by atomic mass is 10.2. The molecule has 1 aromatic rings. The maximum absolute atomic E-state index is 14.0. The van der Waals surface area contributed by atoms with Gasteiger partial charge in [-0.25, -0.2) is 4.79 Å². The Bertz CT molecular complexity index is 781. The van der Waals surface area contributed by atoms with E-state index in [1.54, 1.807) is 13.2 Å². The number of rotatable bonds is 15. The van der Waals surface area contributed by atoms with Crippen LogP contribution in [0.25, 0.3) is 0 Å². The maximum atomic E-state index is 14.0. The van der Waals surface area contributed by atoms with E-state index in [9.17, 15) is 14.6 Å². The van der Waals surface area contributed by atoms with Crippen LogP contribution in [0.5, 0.6) is 0 Å². The number of carbonyl (C=O) groups excluding carboxylic acids is 1. The molecule has 0 saturated carbocycles. The van der Waals surface area contributed by atoms with Crippen LogP contribution in [0.4, 0.5) is 0 Å². The molecule has 0 aliphatic carbocycles. The second-order valence-electron chi connectivity index (χ2n) is 6.61. The first-order valence-corrected chi connectivity index (χ1v) is 13.4. The second kappa shape index (κ2) is 15.1. The predicted molar refractivity (Wildman–Crippen MR) is 124 cm³/mol. The fourth-order valence-electron chi connectivity index (χ4n) is 2.59. The number of nitriles is 1. The van der Waals surface area contributed by atoms with Crippen molar-refractivity contribution in [1.29, 1.82) is 5.26 Å². The summed E-state index contributed by atoms with van der Waals surface area (Å²) >= 11 is 1.17. The Morgan fingerprint density at radius 2 is 1.71 bits per heavy atom. The van der Waals surface area contributed by atoms with E-state index in [4.69, 9.17) is 13.8 Å². The van der Waals surface area contributed by atoms with Gasteiger partial charge in [-0.1, -0.05) is 57.0 Å². The molecule has 0 fully saturated rings. The number of benzene rings is 1. The molecule has 1 atom stereocenters. The number of hydrogen-bond donors (Lipinski definition) is 1. The molecule has 1 rings (SSSR count). The molecule has 0 bridgehead atoms. The molecule has 0 aromatic heterocycles. The maximum Gasteiger partial charge on any atom is 0.357 e. The number of ether oxygens (including phenoxy) is 1. The van der Waals surface area contributed by atoms with Gasteiger partial charge in [0.15, 0.2) is 11.4 Å². The summed E-state index contributed by atoms with van der Waals surface area (Å²) in [5, 5.41) is 12.9. The average Bonchev–Trinajstić information content (AvgIpc) is 2.77. The molecule has 9 heteroatoms. The minimum Gasteiger partial charge on any atom is -0.462 e. The Morgan fingerprint density at radius 1 is 1.13 bits per heavy atom. The summed E-state index contributed by atoms with van der Waals surface area (Å²) < 4.78 is 30.7. The van der Waals surface area contributed by atoms with E-state index in [1.807, 2.05) is 50.2 Å². The molecule has 1 aromatic carbocycles. The minimum absolute atomic E-state index is 0.145. The molecule has 0 aliphatic heterocycles. The van der Waals surface area contributed by atoms with Gasteiger partial charge in [-0.3, -0.25) is 4.57 Å². The Morgan fingerprint density at radius 3 is 2.16 bits per heavy atom. The molecule has 1 N–H and O–H groups in total. The fourth-order valence-corrected chi connectivity index (χ4v) is 5.21. The van der Waals surface area contributed by atoms with Gasteiger partial charge in [0, 0.05) is 0 Å². The number of carbonyl (C=O) groups is 1. The number of nitrogens with one attached hydrogen (secondary N) is 1. The summed E-state index contributed by atoms with van der Waals surface area (Å²) in [6, 6.07) is 11.0. The standard InChI is InChI=1S/C22H33N2O5PS/c1-5-8-15-28-30(26,29-16-9-6-2)20(18-13-11-10-12-14-18)24-21(31-4)19(17-23)22(25)27-7-3/h10-14,20,24H,5-9,15-16H2,1-4H3/b21-19+. The van der Waals surface area contributed by atoms with Gasteiger partial charge in [0.1, 0.15) is 6.07 Å². The molecule has 0 heterocycles. The normalized spacial score (nSPS) is 13.1. The predicted octanol–water partition coefficient (Wildman–Crippen LogP) is 5.76. The molecular weight excluding hydrogens is 435 g/mol. The van der Waals surface area contributed by atoms with Crippen LogP contribution in [-0.4, -0.2) is 32.0 Å². The number of esters is 1. The van der Waals surface area contributed by atoms with E-state index in [-0.39, 0.29) is 30.4 Å². The van der Waals surface area contributed by atoms with Crippen LogP contribution in [0.1, 0.15) is 57.8 Å². The molecule has 0 amide bonds. The van der Waals surface area contributed by atoms with E-state index in [0.29, 0.717) is 5.56 Å². The first-order valence-electron chi connectivity index (χ1n) is 10.5. The largest absolute Gasteiger partial charge is 0.462 e. The highest BCUT2D eigenvalue weighted by Gasteiger charge is 2.38. The zero-order valence-corrected chi connectivity index (χ0v) is 20.5. The van der Waals surface area contributed by atoms with Crippen LogP contribution in [0.15, 0.2) is 40.9 Å². The topological polar surface area (TPSA) is 97.6 Å². The highest BCUT2D eigenvalue weighted by molar-refractivity contribution is 8.02. The van der Waals surface area contributed by atoms with Gasteiger partial charge in [-0.2, -0.15) is 5.26 Å². The van der Waals surface area contributed by atoms with E-state index in [2.05, 4.69) is 5.32 Å². The summed E-state index contributed by atoms with van der Waals surface area (Å²) in [6.07, 6.45) is 4.97. The SMILES string of the molecule is CCCCOP(=O)(OCCCC)C(N/C(SC)=C(/C#N)C(=O)OCC)c1ccccc1. The number of hydrogen-bond acceptors (Lipinski definition) is 8. The van der Waals surface area contributed by atoms with Crippen molar-refractivity contribution in [3.63, 3.8) is 0 Å². The van der Waals surface area contributed by atoms with E-state index in [0.717, 1.165) is 25.7 Å². The monoisotopic (exact) mass is 468 g/mol. The number of nitrogens with zero attached hydrogens (tertiary/aromatic N) is 1. The van der Waals surface area contributed by atoms with Gasteiger partial charge in [0.2, 0.25) is 0 Å². The number of unbranched alkanes of at least 4 members (excludes halogenated alkanes) is 2. The molecule has 0 radical (unpaired) electrons. The molecule has 7 nitrogen and oxygen atoms in total. The van der Waals surface area contributed by atoms with Gasteiger partial charge in [0.05, 0.1) is 24.8 Å². The summed E-state index contributed by atoms with van der Waals surface area (Å²) in [4.78, 5) is 12.3. The fraction of sp³-hybridized carbons (Fsp3) is 0.545. The second-order valence-corrected chi connectivity index (χ2v) is 9.54. The van der Waals surface area contributed by atoms with Gasteiger partial charge >= 0.3 is 13.6 Å². The quantitative estimate of drug-likeness (QED) is 0.114. The van der Waals surface area contributed by atoms with Crippen molar-refractivity contribution in [2.45, 2.75) is 52.2 Å². The van der Waals surface area contributed by atoms with E-state index in [1.165, 1.54) is 11.8 Å². The lowest BCUT2D eigenvalue weighted by molar-refractivity contribution is -0.138. The van der Waals surface area contributed by atoms with Crippen molar-refractivity contribution in [3.05, 3.63) is 46.5 Å². The van der Waals surface area contributed by atoms with Gasteiger partial charge in [0.25, 0.3) is 0 Å². The van der Waals surface area contributed by atoms with Crippen LogP contribution in [0, 0.1) is 11.3 Å². The van der Waals surface area contributed by atoms with Crippen molar-refractivity contribution in [3.8, 4) is 6.07 Å². The molecule has 0 aliphatic rings. The summed E-state index contributed by atoms with van der Waals surface area (Å²) in [5.74, 6) is -1.62. The van der Waals surface area contributed by atoms with Crippen LogP contribution >= 0.6 is 19.4 Å². The highest BCUT2D eigenvalue weighted by atomic mass is 32.2. The molecule has 172 valence electrons. The third kappa shape index (κ3) is 8.70.